The lowest BCUT2D eigenvalue weighted by atomic mass is 10.2. The van der Waals surface area contributed by atoms with E-state index in [2.05, 4.69) is 15.2 Å². The standard InChI is InChI=1S/C15H17N5O2/c1-4-19-10(3)16-13-14(19)18-20(17-13)12-8-6-11(7-9-12)15(21)22-5-2/h6-9H,4-5H2,1-3H3. The summed E-state index contributed by atoms with van der Waals surface area (Å²) in [5.74, 6) is 0.569. The lowest BCUT2D eigenvalue weighted by Crippen LogP contribution is -2.06. The largest absolute Gasteiger partial charge is 0.462 e. The van der Waals surface area contributed by atoms with Crippen LogP contribution in [-0.2, 0) is 11.3 Å². The number of rotatable bonds is 4. The van der Waals surface area contributed by atoms with Gasteiger partial charge in [0.05, 0.1) is 17.9 Å². The molecule has 0 unspecified atom stereocenters. The number of aromatic nitrogens is 5. The molecule has 114 valence electrons. The zero-order valence-corrected chi connectivity index (χ0v) is 12.8. The van der Waals surface area contributed by atoms with E-state index in [0.29, 0.717) is 17.8 Å². The Labute approximate surface area is 127 Å². The van der Waals surface area contributed by atoms with E-state index in [1.165, 1.54) is 4.80 Å². The summed E-state index contributed by atoms with van der Waals surface area (Å²) >= 11 is 0. The fraction of sp³-hybridized carbons (Fsp3) is 0.333. The van der Waals surface area contributed by atoms with Crippen LogP contribution in [-0.4, -0.2) is 37.1 Å². The molecule has 0 fully saturated rings. The second kappa shape index (κ2) is 5.59. The van der Waals surface area contributed by atoms with E-state index in [1.807, 2.05) is 18.4 Å². The van der Waals surface area contributed by atoms with E-state index < -0.39 is 0 Å². The number of fused-ring (bicyclic) bond motifs is 1. The van der Waals surface area contributed by atoms with E-state index in [1.54, 1.807) is 31.2 Å². The number of benzene rings is 1. The Balaban J connectivity index is 1.94. The molecule has 22 heavy (non-hydrogen) atoms. The first-order valence-electron chi connectivity index (χ1n) is 7.21. The van der Waals surface area contributed by atoms with Crippen molar-refractivity contribution in [2.75, 3.05) is 6.61 Å². The van der Waals surface area contributed by atoms with E-state index in [-0.39, 0.29) is 5.97 Å². The number of imidazole rings is 1. The summed E-state index contributed by atoms with van der Waals surface area (Å²) in [4.78, 5) is 17.6. The fourth-order valence-corrected chi connectivity index (χ4v) is 2.34. The SMILES string of the molecule is CCOC(=O)c1ccc(-n2nc3nc(C)n(CC)c3n2)cc1. The molecule has 0 saturated heterocycles. The van der Waals surface area contributed by atoms with Gasteiger partial charge in [-0.1, -0.05) is 0 Å². The second-order valence-corrected chi connectivity index (χ2v) is 4.81. The topological polar surface area (TPSA) is 74.8 Å². The van der Waals surface area contributed by atoms with Crippen LogP contribution in [0.25, 0.3) is 17.0 Å². The first-order chi connectivity index (χ1) is 10.6. The van der Waals surface area contributed by atoms with Crippen LogP contribution >= 0.6 is 0 Å². The first kappa shape index (κ1) is 14.2. The highest BCUT2D eigenvalue weighted by molar-refractivity contribution is 5.89. The third-order valence-electron chi connectivity index (χ3n) is 3.42. The predicted octanol–water partition coefficient (Wildman–Crippen LogP) is 2.12. The van der Waals surface area contributed by atoms with Gasteiger partial charge in [0.15, 0.2) is 0 Å². The summed E-state index contributed by atoms with van der Waals surface area (Å²) in [6.07, 6.45) is 0. The van der Waals surface area contributed by atoms with Gasteiger partial charge in [-0.2, -0.15) is 0 Å². The van der Waals surface area contributed by atoms with Crippen LogP contribution in [0.2, 0.25) is 0 Å². The molecule has 0 radical (unpaired) electrons. The number of esters is 1. The molecule has 0 aliphatic carbocycles. The average molecular weight is 299 g/mol. The average Bonchev–Trinajstić information content (AvgIpc) is 3.04. The minimum Gasteiger partial charge on any atom is -0.462 e. The molecular weight excluding hydrogens is 282 g/mol. The highest BCUT2D eigenvalue weighted by Gasteiger charge is 2.13. The number of nitrogens with zero attached hydrogens (tertiary/aromatic N) is 5. The van der Waals surface area contributed by atoms with Gasteiger partial charge in [0, 0.05) is 6.54 Å². The molecule has 0 amide bonds. The summed E-state index contributed by atoms with van der Waals surface area (Å²) in [6.45, 7) is 6.91. The summed E-state index contributed by atoms with van der Waals surface area (Å²) in [6, 6.07) is 6.98. The normalized spacial score (nSPS) is 11.0. The minimum atomic E-state index is -0.331. The van der Waals surface area contributed by atoms with Gasteiger partial charge in [0.1, 0.15) is 5.82 Å². The van der Waals surface area contributed by atoms with E-state index in [0.717, 1.165) is 23.7 Å². The van der Waals surface area contributed by atoms with Crippen molar-refractivity contribution in [1.29, 1.82) is 0 Å². The molecule has 0 spiro atoms. The Bertz CT molecular complexity index is 816. The molecule has 0 bridgehead atoms. The van der Waals surface area contributed by atoms with Gasteiger partial charge in [0.2, 0.25) is 11.3 Å². The first-order valence-corrected chi connectivity index (χ1v) is 7.21. The molecule has 0 atom stereocenters. The van der Waals surface area contributed by atoms with Crippen LogP contribution in [0.3, 0.4) is 0 Å². The lowest BCUT2D eigenvalue weighted by molar-refractivity contribution is 0.0526. The predicted molar refractivity (Wildman–Crippen MR) is 81.0 cm³/mol. The van der Waals surface area contributed by atoms with Gasteiger partial charge >= 0.3 is 5.97 Å². The molecule has 0 aliphatic heterocycles. The smallest absolute Gasteiger partial charge is 0.338 e. The number of hydrogen-bond donors (Lipinski definition) is 0. The molecule has 0 aliphatic rings. The highest BCUT2D eigenvalue weighted by atomic mass is 16.5. The van der Waals surface area contributed by atoms with Gasteiger partial charge < -0.3 is 9.30 Å². The maximum Gasteiger partial charge on any atom is 0.338 e. The lowest BCUT2D eigenvalue weighted by Gasteiger charge is -2.03. The van der Waals surface area contributed by atoms with E-state index in [9.17, 15) is 4.79 Å². The summed E-state index contributed by atoms with van der Waals surface area (Å²) in [5.41, 5.74) is 2.66. The number of carbonyl (C=O) groups excluding carboxylic acids is 1. The van der Waals surface area contributed by atoms with Crippen molar-refractivity contribution in [1.82, 2.24) is 24.5 Å². The van der Waals surface area contributed by atoms with Gasteiger partial charge in [-0.15, -0.1) is 15.0 Å². The van der Waals surface area contributed by atoms with Crippen molar-refractivity contribution in [3.63, 3.8) is 0 Å². The molecule has 7 heteroatoms. The van der Waals surface area contributed by atoms with Crippen LogP contribution in [0.1, 0.15) is 30.0 Å². The summed E-state index contributed by atoms with van der Waals surface area (Å²) < 4.78 is 6.97. The minimum absolute atomic E-state index is 0.331. The number of carbonyl (C=O) groups is 1. The van der Waals surface area contributed by atoms with Crippen LogP contribution in [0.15, 0.2) is 24.3 Å². The summed E-state index contributed by atoms with van der Waals surface area (Å²) in [7, 11) is 0. The quantitative estimate of drug-likeness (QED) is 0.690. The molecule has 3 rings (SSSR count). The van der Waals surface area contributed by atoms with Crippen LogP contribution < -0.4 is 0 Å². The Morgan fingerprint density at radius 3 is 2.55 bits per heavy atom. The third kappa shape index (κ3) is 2.34. The molecule has 0 saturated carbocycles. The Morgan fingerprint density at radius 2 is 1.91 bits per heavy atom. The van der Waals surface area contributed by atoms with Crippen molar-refractivity contribution in [3.8, 4) is 5.69 Å². The van der Waals surface area contributed by atoms with E-state index >= 15 is 0 Å². The number of aryl methyl sites for hydroxylation is 2. The zero-order valence-electron chi connectivity index (χ0n) is 12.8. The number of ether oxygens (including phenoxy) is 1. The fourth-order valence-electron chi connectivity index (χ4n) is 2.34. The Kier molecular flexibility index (Phi) is 3.62. The number of hydrogen-bond acceptors (Lipinski definition) is 5. The van der Waals surface area contributed by atoms with Crippen LogP contribution in [0.5, 0.6) is 0 Å². The highest BCUT2D eigenvalue weighted by Crippen LogP contribution is 2.15. The van der Waals surface area contributed by atoms with Gasteiger partial charge in [0.25, 0.3) is 0 Å². The van der Waals surface area contributed by atoms with Gasteiger partial charge in [-0.25, -0.2) is 9.78 Å². The molecule has 2 aromatic heterocycles. The molecular formula is C15H17N5O2. The maximum absolute atomic E-state index is 11.6. The van der Waals surface area contributed by atoms with Gasteiger partial charge in [-0.3, -0.25) is 0 Å². The Morgan fingerprint density at radius 1 is 1.18 bits per heavy atom. The van der Waals surface area contributed by atoms with Crippen molar-refractivity contribution in [2.45, 2.75) is 27.3 Å². The van der Waals surface area contributed by atoms with Crippen molar-refractivity contribution in [2.24, 2.45) is 0 Å². The third-order valence-corrected chi connectivity index (χ3v) is 3.42. The zero-order chi connectivity index (χ0) is 15.7. The molecule has 0 N–H and O–H groups in total. The van der Waals surface area contributed by atoms with E-state index in [4.69, 9.17) is 4.74 Å². The monoisotopic (exact) mass is 299 g/mol. The van der Waals surface area contributed by atoms with Crippen LogP contribution in [0, 0.1) is 6.92 Å². The molecule has 3 aromatic rings. The molecule has 1 aromatic carbocycles. The van der Waals surface area contributed by atoms with Crippen molar-refractivity contribution in [3.05, 3.63) is 35.7 Å². The van der Waals surface area contributed by atoms with Crippen molar-refractivity contribution >= 4 is 17.3 Å². The maximum atomic E-state index is 11.6. The Hall–Kier alpha value is -2.70. The molecule has 7 nitrogen and oxygen atoms in total. The van der Waals surface area contributed by atoms with Gasteiger partial charge in [-0.05, 0) is 45.0 Å². The summed E-state index contributed by atoms with van der Waals surface area (Å²) in [5, 5.41) is 8.86. The van der Waals surface area contributed by atoms with Crippen molar-refractivity contribution < 1.29 is 9.53 Å². The second-order valence-electron chi connectivity index (χ2n) is 4.81. The molecule has 2 heterocycles. The van der Waals surface area contributed by atoms with Crippen LogP contribution in [0.4, 0.5) is 0 Å².